The van der Waals surface area contributed by atoms with Crippen molar-refractivity contribution >= 4 is 44.3 Å². The lowest BCUT2D eigenvalue weighted by atomic mass is 9.99. The summed E-state index contributed by atoms with van der Waals surface area (Å²) in [4.78, 5) is 17.7. The molecule has 0 fully saturated rings. The second-order valence-electron chi connectivity index (χ2n) is 8.38. The first-order valence-corrected chi connectivity index (χ1v) is 13.3. The number of Topliss-reactive ketones (excluding diaryl/α,β-unsaturated/α-hetero) is 1. The number of nitrogens with zero attached hydrogens (tertiary/aromatic N) is 3. The van der Waals surface area contributed by atoms with Gasteiger partial charge in [0.1, 0.15) is 0 Å². The smallest absolute Gasteiger partial charge is 0.232 e. The number of hydrogen-bond acceptors (Lipinski definition) is 5. The zero-order chi connectivity index (χ0) is 22.2. The van der Waals surface area contributed by atoms with Gasteiger partial charge in [-0.3, -0.25) is 9.10 Å². The molecule has 0 amide bonds. The minimum absolute atomic E-state index is 0.0208. The van der Waals surface area contributed by atoms with Gasteiger partial charge in [0.2, 0.25) is 10.0 Å². The summed E-state index contributed by atoms with van der Waals surface area (Å²) in [5, 5.41) is 0.851. The van der Waals surface area contributed by atoms with Crippen LogP contribution in [0.4, 0.5) is 5.69 Å². The largest absolute Gasteiger partial charge is 0.319 e. The molecule has 1 aliphatic heterocycles. The molecule has 8 heteroatoms. The van der Waals surface area contributed by atoms with Gasteiger partial charge in [0, 0.05) is 18.7 Å². The normalized spacial score (nSPS) is 14.3. The summed E-state index contributed by atoms with van der Waals surface area (Å²) in [6.45, 7) is 5.67. The van der Waals surface area contributed by atoms with Gasteiger partial charge < -0.3 is 4.57 Å². The second kappa shape index (κ2) is 8.67. The molecule has 0 bridgehead atoms. The Morgan fingerprint density at radius 3 is 2.71 bits per heavy atom. The number of carbonyl (C=O) groups excluding carboxylic acids is 1. The van der Waals surface area contributed by atoms with E-state index in [0.29, 0.717) is 23.7 Å². The SMILES string of the molecule is CC(C)Cn1c(SCC(=O)c2ccc3c(c2)CCCN3S(C)(=O)=O)nc2ccccc21. The first-order valence-electron chi connectivity index (χ1n) is 10.5. The monoisotopic (exact) mass is 457 g/mol. The fourth-order valence-electron chi connectivity index (χ4n) is 4.00. The maximum Gasteiger partial charge on any atom is 0.232 e. The number of aromatic nitrogens is 2. The van der Waals surface area contributed by atoms with Crippen molar-refractivity contribution in [1.82, 2.24) is 9.55 Å². The number of carbonyl (C=O) groups is 1. The van der Waals surface area contributed by atoms with Crippen molar-refractivity contribution in [3.63, 3.8) is 0 Å². The third-order valence-corrected chi connectivity index (χ3v) is 7.53. The van der Waals surface area contributed by atoms with Crippen molar-refractivity contribution in [3.8, 4) is 0 Å². The molecule has 0 saturated heterocycles. The molecule has 6 nitrogen and oxygen atoms in total. The van der Waals surface area contributed by atoms with E-state index < -0.39 is 10.0 Å². The average Bonchev–Trinajstić information content (AvgIpc) is 3.07. The Morgan fingerprint density at radius 2 is 1.97 bits per heavy atom. The van der Waals surface area contributed by atoms with Crippen LogP contribution in [-0.4, -0.2) is 42.3 Å². The van der Waals surface area contributed by atoms with Crippen LogP contribution in [0.2, 0.25) is 0 Å². The summed E-state index contributed by atoms with van der Waals surface area (Å²) in [5.41, 5.74) is 4.25. The quantitative estimate of drug-likeness (QED) is 0.389. The predicted octanol–water partition coefficient (Wildman–Crippen LogP) is 4.38. The van der Waals surface area contributed by atoms with E-state index in [1.807, 2.05) is 24.3 Å². The Labute approximate surface area is 187 Å². The molecule has 0 atom stereocenters. The maximum absolute atomic E-state index is 12.9. The Balaban J connectivity index is 1.55. The first-order chi connectivity index (χ1) is 14.7. The van der Waals surface area contributed by atoms with Crippen LogP contribution in [0.15, 0.2) is 47.6 Å². The number of ketones is 1. The van der Waals surface area contributed by atoms with Gasteiger partial charge in [-0.25, -0.2) is 13.4 Å². The molecule has 4 rings (SSSR count). The van der Waals surface area contributed by atoms with Crippen LogP contribution in [0.3, 0.4) is 0 Å². The highest BCUT2D eigenvalue weighted by molar-refractivity contribution is 7.99. The van der Waals surface area contributed by atoms with Gasteiger partial charge in [-0.05, 0) is 54.7 Å². The lowest BCUT2D eigenvalue weighted by Crippen LogP contribution is -2.34. The molecule has 2 heterocycles. The molecule has 0 radical (unpaired) electrons. The van der Waals surface area contributed by atoms with Crippen molar-refractivity contribution in [2.75, 3.05) is 22.9 Å². The lowest BCUT2D eigenvalue weighted by molar-refractivity contribution is 0.102. The van der Waals surface area contributed by atoms with Crippen molar-refractivity contribution < 1.29 is 13.2 Å². The van der Waals surface area contributed by atoms with Gasteiger partial charge in [0.25, 0.3) is 0 Å². The van der Waals surface area contributed by atoms with Gasteiger partial charge in [-0.1, -0.05) is 37.7 Å². The van der Waals surface area contributed by atoms with E-state index in [4.69, 9.17) is 4.98 Å². The highest BCUT2D eigenvalue weighted by Crippen LogP contribution is 2.31. The molecule has 3 aromatic rings. The van der Waals surface area contributed by atoms with Gasteiger partial charge in [-0.2, -0.15) is 0 Å². The highest BCUT2D eigenvalue weighted by atomic mass is 32.2. The minimum atomic E-state index is -3.31. The molecule has 0 spiro atoms. The summed E-state index contributed by atoms with van der Waals surface area (Å²) >= 11 is 1.46. The average molecular weight is 458 g/mol. The zero-order valence-electron chi connectivity index (χ0n) is 18.0. The summed E-state index contributed by atoms with van der Waals surface area (Å²) in [6, 6.07) is 13.4. The van der Waals surface area contributed by atoms with Crippen molar-refractivity contribution in [2.24, 2.45) is 5.92 Å². The van der Waals surface area contributed by atoms with E-state index >= 15 is 0 Å². The van der Waals surface area contributed by atoms with Crippen molar-refractivity contribution in [3.05, 3.63) is 53.6 Å². The van der Waals surface area contributed by atoms with Crippen molar-refractivity contribution in [2.45, 2.75) is 38.4 Å². The Kier molecular flexibility index (Phi) is 6.12. The Hall–Kier alpha value is -2.32. The Morgan fingerprint density at radius 1 is 1.19 bits per heavy atom. The van der Waals surface area contributed by atoms with Crippen molar-refractivity contribution in [1.29, 1.82) is 0 Å². The molecule has 0 saturated carbocycles. The molecule has 31 heavy (non-hydrogen) atoms. The number of thioether (sulfide) groups is 1. The van der Waals surface area contributed by atoms with E-state index in [0.717, 1.165) is 41.1 Å². The van der Waals surface area contributed by atoms with Gasteiger partial charge in [-0.15, -0.1) is 0 Å². The number of imidazole rings is 1. The van der Waals surface area contributed by atoms with E-state index in [-0.39, 0.29) is 11.5 Å². The van der Waals surface area contributed by atoms with Crippen LogP contribution in [0, 0.1) is 5.92 Å². The number of benzene rings is 2. The first kappa shape index (κ1) is 21.9. The van der Waals surface area contributed by atoms with Gasteiger partial charge in [0.15, 0.2) is 10.9 Å². The molecule has 1 aromatic heterocycles. The lowest BCUT2D eigenvalue weighted by Gasteiger charge is -2.29. The number of rotatable bonds is 7. The summed E-state index contributed by atoms with van der Waals surface area (Å²) in [6.07, 6.45) is 2.76. The van der Waals surface area contributed by atoms with Crippen LogP contribution in [0.1, 0.15) is 36.2 Å². The fourth-order valence-corrected chi connectivity index (χ4v) is 5.91. The van der Waals surface area contributed by atoms with Gasteiger partial charge >= 0.3 is 0 Å². The molecule has 1 aliphatic rings. The maximum atomic E-state index is 12.9. The van der Waals surface area contributed by atoms with Crippen LogP contribution >= 0.6 is 11.8 Å². The number of sulfonamides is 1. The predicted molar refractivity (Wildman–Crippen MR) is 127 cm³/mol. The molecule has 164 valence electrons. The fraction of sp³-hybridized carbons (Fsp3) is 0.391. The van der Waals surface area contributed by atoms with Crippen LogP contribution in [0.5, 0.6) is 0 Å². The van der Waals surface area contributed by atoms with E-state index in [2.05, 4.69) is 24.5 Å². The number of hydrogen-bond donors (Lipinski definition) is 0. The molecular formula is C23H27N3O3S2. The number of aryl methyl sites for hydroxylation is 1. The second-order valence-corrected chi connectivity index (χ2v) is 11.2. The minimum Gasteiger partial charge on any atom is -0.319 e. The number of fused-ring (bicyclic) bond motifs is 2. The third kappa shape index (κ3) is 4.65. The van der Waals surface area contributed by atoms with Crippen LogP contribution in [0.25, 0.3) is 11.0 Å². The number of anilines is 1. The zero-order valence-corrected chi connectivity index (χ0v) is 19.7. The highest BCUT2D eigenvalue weighted by Gasteiger charge is 2.25. The Bertz CT molecular complexity index is 1230. The van der Waals surface area contributed by atoms with E-state index in [1.165, 1.54) is 22.3 Å². The van der Waals surface area contributed by atoms with E-state index in [9.17, 15) is 13.2 Å². The standard InChI is InChI=1S/C23H27N3O3S2/c1-16(2)14-25-21-9-5-4-8-19(21)24-23(25)30-15-22(27)18-10-11-20-17(13-18)7-6-12-26(20)31(3,28)29/h4-5,8-11,13,16H,6-7,12,14-15H2,1-3H3. The molecule has 0 unspecified atom stereocenters. The molecule has 0 aliphatic carbocycles. The van der Waals surface area contributed by atoms with Crippen LogP contribution < -0.4 is 4.31 Å². The summed E-state index contributed by atoms with van der Waals surface area (Å²) in [7, 11) is -3.31. The number of para-hydroxylation sites is 2. The van der Waals surface area contributed by atoms with Crippen LogP contribution in [-0.2, 0) is 23.0 Å². The molecule has 0 N–H and O–H groups in total. The molecule has 2 aromatic carbocycles. The molecular weight excluding hydrogens is 430 g/mol. The summed E-state index contributed by atoms with van der Waals surface area (Å²) in [5.74, 6) is 0.772. The summed E-state index contributed by atoms with van der Waals surface area (Å²) < 4.78 is 27.7. The van der Waals surface area contributed by atoms with Gasteiger partial charge in [0.05, 0.1) is 28.7 Å². The topological polar surface area (TPSA) is 72.3 Å². The van der Waals surface area contributed by atoms with E-state index in [1.54, 1.807) is 12.1 Å². The third-order valence-electron chi connectivity index (χ3n) is 5.38.